The molecule has 1 aliphatic heterocycles. The predicted octanol–water partition coefficient (Wildman–Crippen LogP) is 2.21. The van der Waals surface area contributed by atoms with Crippen LogP contribution in [0.5, 0.6) is 0 Å². The second-order valence-corrected chi connectivity index (χ2v) is 7.06. The first-order valence-electron chi connectivity index (χ1n) is 9.38. The Labute approximate surface area is 154 Å². The van der Waals surface area contributed by atoms with E-state index in [4.69, 9.17) is 4.74 Å². The van der Waals surface area contributed by atoms with Gasteiger partial charge in [-0.05, 0) is 38.7 Å². The highest BCUT2D eigenvalue weighted by Gasteiger charge is 2.27. The molecule has 0 bridgehead atoms. The molecule has 1 saturated heterocycles. The fraction of sp³-hybridized carbons (Fsp3) is 0.632. The van der Waals surface area contributed by atoms with Crippen molar-refractivity contribution >= 4 is 5.91 Å². The number of piperidine rings is 1. The average Bonchev–Trinajstić information content (AvgIpc) is 3.25. The molecule has 1 fully saturated rings. The molecule has 7 heteroatoms. The Bertz CT molecular complexity index is 717. The Morgan fingerprint density at radius 2 is 2.27 bits per heavy atom. The highest BCUT2D eigenvalue weighted by molar-refractivity contribution is 5.76. The molecule has 0 radical (unpaired) electrons. The van der Waals surface area contributed by atoms with Crippen molar-refractivity contribution in [2.75, 3.05) is 26.8 Å². The number of hydrogen-bond acceptors (Lipinski definition) is 4. The van der Waals surface area contributed by atoms with E-state index in [2.05, 4.69) is 19.7 Å². The molecule has 0 spiro atoms. The Hall–Kier alpha value is -2.15. The van der Waals surface area contributed by atoms with E-state index < -0.39 is 0 Å². The number of methoxy groups -OCH3 is 1. The Kier molecular flexibility index (Phi) is 6.08. The third-order valence-corrected chi connectivity index (χ3v) is 5.29. The summed E-state index contributed by atoms with van der Waals surface area (Å²) in [5, 5.41) is 7.21. The molecule has 3 heterocycles. The zero-order chi connectivity index (χ0) is 18.5. The molecule has 2 aromatic rings. The first kappa shape index (κ1) is 18.6. The lowest BCUT2D eigenvalue weighted by atomic mass is 9.96. The van der Waals surface area contributed by atoms with Gasteiger partial charge in [0.25, 0.3) is 0 Å². The van der Waals surface area contributed by atoms with Crippen molar-refractivity contribution < 1.29 is 9.53 Å². The second-order valence-electron chi connectivity index (χ2n) is 7.06. The first-order valence-corrected chi connectivity index (χ1v) is 9.38. The van der Waals surface area contributed by atoms with Gasteiger partial charge in [-0.25, -0.2) is 4.98 Å². The van der Waals surface area contributed by atoms with Crippen LogP contribution < -0.4 is 0 Å². The summed E-state index contributed by atoms with van der Waals surface area (Å²) in [6.45, 7) is 7.07. The van der Waals surface area contributed by atoms with Crippen LogP contribution in [-0.2, 0) is 22.5 Å². The van der Waals surface area contributed by atoms with Crippen LogP contribution >= 0.6 is 0 Å². The van der Waals surface area contributed by atoms with Crippen LogP contribution in [0.3, 0.4) is 0 Å². The topological polar surface area (TPSA) is 76.0 Å². The van der Waals surface area contributed by atoms with Gasteiger partial charge in [0, 0.05) is 57.2 Å². The van der Waals surface area contributed by atoms with Gasteiger partial charge in [-0.2, -0.15) is 5.10 Å². The summed E-state index contributed by atoms with van der Waals surface area (Å²) in [6.07, 6.45) is 7.23. The average molecular weight is 359 g/mol. The number of aromatic amines is 1. The number of nitrogens with one attached hydrogen (secondary N) is 1. The molecule has 0 aromatic carbocycles. The summed E-state index contributed by atoms with van der Waals surface area (Å²) in [5.74, 6) is 1.60. The summed E-state index contributed by atoms with van der Waals surface area (Å²) in [6, 6.07) is 0. The number of rotatable bonds is 7. The fourth-order valence-electron chi connectivity index (χ4n) is 3.81. The summed E-state index contributed by atoms with van der Waals surface area (Å²) < 4.78 is 7.34. The smallest absolute Gasteiger partial charge is 0.222 e. The van der Waals surface area contributed by atoms with E-state index >= 15 is 0 Å². The van der Waals surface area contributed by atoms with Gasteiger partial charge in [0.2, 0.25) is 5.91 Å². The zero-order valence-electron chi connectivity index (χ0n) is 16.0. The lowest BCUT2D eigenvalue weighted by molar-refractivity contribution is -0.132. The largest absolute Gasteiger partial charge is 0.383 e. The molecular formula is C19H29N5O2. The van der Waals surface area contributed by atoms with Crippen molar-refractivity contribution in [3.63, 3.8) is 0 Å². The van der Waals surface area contributed by atoms with Crippen molar-refractivity contribution in [1.29, 1.82) is 0 Å². The molecule has 0 saturated carbocycles. The van der Waals surface area contributed by atoms with Gasteiger partial charge in [-0.15, -0.1) is 0 Å². The van der Waals surface area contributed by atoms with E-state index in [-0.39, 0.29) is 5.91 Å². The van der Waals surface area contributed by atoms with Gasteiger partial charge in [-0.3, -0.25) is 9.89 Å². The fourth-order valence-corrected chi connectivity index (χ4v) is 3.81. The van der Waals surface area contributed by atoms with Crippen molar-refractivity contribution in [2.24, 2.45) is 0 Å². The summed E-state index contributed by atoms with van der Waals surface area (Å²) in [5.41, 5.74) is 3.22. The van der Waals surface area contributed by atoms with Gasteiger partial charge in [0.1, 0.15) is 5.82 Å². The molecule has 1 N–H and O–H groups in total. The SMILES string of the molecule is COCCn1ccnc1C1CCCN(C(=O)CCc2c(C)n[nH]c2C)C1. The van der Waals surface area contributed by atoms with Crippen molar-refractivity contribution in [3.05, 3.63) is 35.2 Å². The Morgan fingerprint density at radius 1 is 1.42 bits per heavy atom. The van der Waals surface area contributed by atoms with Crippen LogP contribution in [0.15, 0.2) is 12.4 Å². The summed E-state index contributed by atoms with van der Waals surface area (Å²) >= 11 is 0. The van der Waals surface area contributed by atoms with Crippen LogP contribution in [0.1, 0.15) is 48.0 Å². The number of amides is 1. The molecule has 2 aromatic heterocycles. The number of aryl methyl sites for hydroxylation is 2. The molecular weight excluding hydrogens is 330 g/mol. The number of imidazole rings is 1. The molecule has 1 atom stereocenters. The molecule has 7 nitrogen and oxygen atoms in total. The van der Waals surface area contributed by atoms with Crippen LogP contribution in [0, 0.1) is 13.8 Å². The minimum Gasteiger partial charge on any atom is -0.383 e. The number of ether oxygens (including phenoxy) is 1. The van der Waals surface area contributed by atoms with Gasteiger partial charge in [-0.1, -0.05) is 0 Å². The van der Waals surface area contributed by atoms with E-state index in [9.17, 15) is 4.79 Å². The maximum absolute atomic E-state index is 12.7. The van der Waals surface area contributed by atoms with Crippen LogP contribution in [0.25, 0.3) is 0 Å². The number of carbonyl (C=O) groups excluding carboxylic acids is 1. The number of nitrogens with zero attached hydrogens (tertiary/aromatic N) is 4. The van der Waals surface area contributed by atoms with E-state index in [1.165, 1.54) is 5.56 Å². The predicted molar refractivity (Wildman–Crippen MR) is 99.0 cm³/mol. The molecule has 1 amide bonds. The molecule has 1 unspecified atom stereocenters. The molecule has 3 rings (SSSR count). The highest BCUT2D eigenvalue weighted by Crippen LogP contribution is 2.26. The van der Waals surface area contributed by atoms with Crippen LogP contribution in [0.4, 0.5) is 0 Å². The van der Waals surface area contributed by atoms with Gasteiger partial charge in [0.05, 0.1) is 12.3 Å². The number of likely N-dealkylation sites (tertiary alicyclic amines) is 1. The lowest BCUT2D eigenvalue weighted by Crippen LogP contribution is -2.40. The minimum atomic E-state index is 0.227. The van der Waals surface area contributed by atoms with E-state index in [1.54, 1.807) is 7.11 Å². The molecule has 142 valence electrons. The van der Waals surface area contributed by atoms with Crippen molar-refractivity contribution in [3.8, 4) is 0 Å². The number of aromatic nitrogens is 4. The highest BCUT2D eigenvalue weighted by atomic mass is 16.5. The molecule has 1 aliphatic rings. The monoisotopic (exact) mass is 359 g/mol. The Morgan fingerprint density at radius 3 is 3.00 bits per heavy atom. The number of H-pyrrole nitrogens is 1. The van der Waals surface area contributed by atoms with E-state index in [1.807, 2.05) is 31.1 Å². The van der Waals surface area contributed by atoms with Crippen molar-refractivity contribution in [1.82, 2.24) is 24.6 Å². The standard InChI is InChI=1S/C19H29N5O2/c1-14-17(15(2)22-21-14)6-7-18(25)24-9-4-5-16(13-24)19-20-8-10-23(19)11-12-26-3/h8,10,16H,4-7,9,11-13H2,1-3H3,(H,21,22). The number of hydrogen-bond donors (Lipinski definition) is 1. The normalized spacial score (nSPS) is 17.7. The van der Waals surface area contributed by atoms with E-state index in [0.29, 0.717) is 18.9 Å². The maximum atomic E-state index is 12.7. The number of carbonyl (C=O) groups is 1. The van der Waals surface area contributed by atoms with Gasteiger partial charge >= 0.3 is 0 Å². The van der Waals surface area contributed by atoms with Crippen molar-refractivity contribution in [2.45, 2.75) is 52.0 Å². The van der Waals surface area contributed by atoms with Gasteiger partial charge in [0.15, 0.2) is 0 Å². The molecule has 26 heavy (non-hydrogen) atoms. The zero-order valence-corrected chi connectivity index (χ0v) is 16.0. The van der Waals surface area contributed by atoms with Gasteiger partial charge < -0.3 is 14.2 Å². The summed E-state index contributed by atoms with van der Waals surface area (Å²) in [7, 11) is 1.71. The third-order valence-electron chi connectivity index (χ3n) is 5.29. The minimum absolute atomic E-state index is 0.227. The first-order chi connectivity index (χ1) is 12.6. The van der Waals surface area contributed by atoms with Crippen LogP contribution in [-0.4, -0.2) is 57.4 Å². The van der Waals surface area contributed by atoms with E-state index in [0.717, 1.165) is 56.1 Å². The van der Waals surface area contributed by atoms with Crippen LogP contribution in [0.2, 0.25) is 0 Å². The Balaban J connectivity index is 1.59. The quantitative estimate of drug-likeness (QED) is 0.822. The second kappa shape index (κ2) is 8.49. The summed E-state index contributed by atoms with van der Waals surface area (Å²) in [4.78, 5) is 19.3. The lowest BCUT2D eigenvalue weighted by Gasteiger charge is -2.33. The third kappa shape index (κ3) is 4.15. The maximum Gasteiger partial charge on any atom is 0.222 e. The molecule has 0 aliphatic carbocycles.